The minimum Gasteiger partial charge on any atom is -0.314 e. The fourth-order valence-corrected chi connectivity index (χ4v) is 3.47. The van der Waals surface area contributed by atoms with Crippen LogP contribution >= 0.6 is 22.9 Å². The molecule has 0 aliphatic carbocycles. The number of hydrogen-bond donors (Lipinski definition) is 1. The second-order valence-electron chi connectivity index (χ2n) is 5.14. The van der Waals surface area contributed by atoms with Gasteiger partial charge in [-0.25, -0.2) is 4.39 Å². The second kappa shape index (κ2) is 8.52. The SMILES string of the molecule is CCNC(CCCc1cccs1)Cc1cccc(F)c1Cl. The summed E-state index contributed by atoms with van der Waals surface area (Å²) in [7, 11) is 0. The van der Waals surface area contributed by atoms with Gasteiger partial charge >= 0.3 is 0 Å². The Kier molecular flexibility index (Phi) is 6.68. The van der Waals surface area contributed by atoms with Crippen molar-refractivity contribution in [1.29, 1.82) is 0 Å². The van der Waals surface area contributed by atoms with Crippen molar-refractivity contribution in [2.75, 3.05) is 6.54 Å². The normalized spacial score (nSPS) is 12.5. The molecule has 0 amide bonds. The maximum absolute atomic E-state index is 13.5. The first kappa shape index (κ1) is 16.5. The van der Waals surface area contributed by atoms with Gasteiger partial charge in [0, 0.05) is 10.9 Å². The molecule has 0 aliphatic rings. The van der Waals surface area contributed by atoms with E-state index in [1.807, 2.05) is 6.07 Å². The van der Waals surface area contributed by atoms with Crippen molar-refractivity contribution in [3.05, 3.63) is 57.0 Å². The smallest absolute Gasteiger partial charge is 0.142 e. The molecule has 0 bridgehead atoms. The summed E-state index contributed by atoms with van der Waals surface area (Å²) in [5, 5.41) is 5.86. The van der Waals surface area contributed by atoms with Crippen molar-refractivity contribution in [1.82, 2.24) is 5.32 Å². The van der Waals surface area contributed by atoms with E-state index in [0.717, 1.165) is 37.8 Å². The number of rotatable bonds is 8. The van der Waals surface area contributed by atoms with Crippen LogP contribution in [0.15, 0.2) is 35.7 Å². The molecular weight excluding hydrogens is 305 g/mol. The summed E-state index contributed by atoms with van der Waals surface area (Å²) >= 11 is 7.86. The van der Waals surface area contributed by atoms with Crippen LogP contribution in [-0.2, 0) is 12.8 Å². The molecule has 114 valence electrons. The Labute approximate surface area is 135 Å². The van der Waals surface area contributed by atoms with E-state index < -0.39 is 0 Å². The molecule has 0 saturated carbocycles. The highest BCUT2D eigenvalue weighted by Crippen LogP contribution is 2.22. The molecule has 1 atom stereocenters. The average molecular weight is 326 g/mol. The van der Waals surface area contributed by atoms with E-state index in [-0.39, 0.29) is 10.8 Å². The van der Waals surface area contributed by atoms with E-state index in [0.29, 0.717) is 6.04 Å². The van der Waals surface area contributed by atoms with Gasteiger partial charge in [0.1, 0.15) is 5.82 Å². The summed E-state index contributed by atoms with van der Waals surface area (Å²) in [5.41, 5.74) is 0.888. The van der Waals surface area contributed by atoms with Crippen LogP contribution < -0.4 is 5.32 Å². The van der Waals surface area contributed by atoms with Gasteiger partial charge in [-0.05, 0) is 55.3 Å². The first-order valence-corrected chi connectivity index (χ1v) is 8.65. The third kappa shape index (κ3) is 5.10. The molecule has 1 aromatic carbocycles. The molecule has 0 aliphatic heterocycles. The summed E-state index contributed by atoms with van der Waals surface area (Å²) in [4.78, 5) is 1.43. The largest absolute Gasteiger partial charge is 0.314 e. The first-order chi connectivity index (χ1) is 10.2. The lowest BCUT2D eigenvalue weighted by atomic mass is 10.0. The molecule has 21 heavy (non-hydrogen) atoms. The number of aryl methyl sites for hydroxylation is 1. The Morgan fingerprint density at radius 3 is 2.86 bits per heavy atom. The van der Waals surface area contributed by atoms with Gasteiger partial charge in [0.05, 0.1) is 5.02 Å². The third-order valence-electron chi connectivity index (χ3n) is 3.55. The highest BCUT2D eigenvalue weighted by molar-refractivity contribution is 7.09. The van der Waals surface area contributed by atoms with Crippen LogP contribution in [0.3, 0.4) is 0 Å². The number of nitrogens with one attached hydrogen (secondary N) is 1. The van der Waals surface area contributed by atoms with Gasteiger partial charge in [-0.15, -0.1) is 11.3 Å². The standard InChI is InChI=1S/C17H21ClFNS/c1-2-20-14(7-4-8-15-9-5-11-21-15)12-13-6-3-10-16(19)17(13)18/h3,5-6,9-11,14,20H,2,4,7-8,12H2,1H3. The van der Waals surface area contributed by atoms with E-state index in [4.69, 9.17) is 11.6 Å². The van der Waals surface area contributed by atoms with Gasteiger partial charge in [0.25, 0.3) is 0 Å². The number of thiophene rings is 1. The molecule has 1 heterocycles. The zero-order valence-electron chi connectivity index (χ0n) is 12.2. The van der Waals surface area contributed by atoms with Gasteiger partial charge in [-0.2, -0.15) is 0 Å². The van der Waals surface area contributed by atoms with Crippen LogP contribution in [0.25, 0.3) is 0 Å². The van der Waals surface area contributed by atoms with Crippen LogP contribution in [0.2, 0.25) is 5.02 Å². The second-order valence-corrected chi connectivity index (χ2v) is 6.55. The zero-order valence-corrected chi connectivity index (χ0v) is 13.8. The van der Waals surface area contributed by atoms with E-state index in [1.165, 1.54) is 10.9 Å². The topological polar surface area (TPSA) is 12.0 Å². The lowest BCUT2D eigenvalue weighted by Crippen LogP contribution is -2.31. The van der Waals surface area contributed by atoms with E-state index in [9.17, 15) is 4.39 Å². The van der Waals surface area contributed by atoms with E-state index in [1.54, 1.807) is 17.4 Å². The Morgan fingerprint density at radius 1 is 1.29 bits per heavy atom. The number of hydrogen-bond acceptors (Lipinski definition) is 2. The minimum absolute atomic E-state index is 0.263. The maximum Gasteiger partial charge on any atom is 0.142 e. The monoisotopic (exact) mass is 325 g/mol. The van der Waals surface area contributed by atoms with Crippen LogP contribution in [0.1, 0.15) is 30.2 Å². The summed E-state index contributed by atoms with van der Waals surface area (Å²) in [6, 6.07) is 9.66. The molecule has 0 saturated heterocycles. The average Bonchev–Trinajstić information content (AvgIpc) is 2.97. The Hall–Kier alpha value is -0.900. The molecule has 2 rings (SSSR count). The van der Waals surface area contributed by atoms with Crippen molar-refractivity contribution < 1.29 is 4.39 Å². The molecule has 1 nitrogen and oxygen atoms in total. The highest BCUT2D eigenvalue weighted by Gasteiger charge is 2.12. The predicted molar refractivity (Wildman–Crippen MR) is 89.8 cm³/mol. The van der Waals surface area contributed by atoms with E-state index >= 15 is 0 Å². The Bertz CT molecular complexity index is 542. The molecule has 1 N–H and O–H groups in total. The quantitative estimate of drug-likeness (QED) is 0.713. The maximum atomic E-state index is 13.5. The molecule has 2 aromatic rings. The summed E-state index contributed by atoms with van der Waals surface area (Å²) in [6.45, 7) is 3.01. The highest BCUT2D eigenvalue weighted by atomic mass is 35.5. The number of likely N-dealkylation sites (N-methyl/N-ethyl adjacent to an activating group) is 1. The van der Waals surface area contributed by atoms with Crippen LogP contribution in [0.4, 0.5) is 4.39 Å². The zero-order chi connectivity index (χ0) is 15.1. The fraction of sp³-hybridized carbons (Fsp3) is 0.412. The number of halogens is 2. The minimum atomic E-state index is -0.331. The Balaban J connectivity index is 1.90. The van der Waals surface area contributed by atoms with Gasteiger partial charge in [-0.3, -0.25) is 0 Å². The Morgan fingerprint density at radius 2 is 2.14 bits per heavy atom. The summed E-state index contributed by atoms with van der Waals surface area (Å²) < 4.78 is 13.5. The van der Waals surface area contributed by atoms with Crippen molar-refractivity contribution >= 4 is 22.9 Å². The van der Waals surface area contributed by atoms with Crippen molar-refractivity contribution in [3.8, 4) is 0 Å². The van der Waals surface area contributed by atoms with Crippen LogP contribution in [-0.4, -0.2) is 12.6 Å². The van der Waals surface area contributed by atoms with Gasteiger partial charge < -0.3 is 5.32 Å². The summed E-state index contributed by atoms with van der Waals surface area (Å²) in [6.07, 6.45) is 4.08. The van der Waals surface area contributed by atoms with Crippen molar-refractivity contribution in [2.24, 2.45) is 0 Å². The first-order valence-electron chi connectivity index (χ1n) is 7.39. The lowest BCUT2D eigenvalue weighted by Gasteiger charge is -2.18. The molecule has 0 radical (unpaired) electrons. The van der Waals surface area contributed by atoms with Crippen molar-refractivity contribution in [2.45, 2.75) is 38.6 Å². The van der Waals surface area contributed by atoms with Crippen molar-refractivity contribution in [3.63, 3.8) is 0 Å². The predicted octanol–water partition coefficient (Wildman–Crippen LogP) is 5.08. The molecule has 1 unspecified atom stereocenters. The number of benzene rings is 1. The third-order valence-corrected chi connectivity index (χ3v) is 4.91. The molecule has 0 spiro atoms. The molecule has 0 fully saturated rings. The fourth-order valence-electron chi connectivity index (χ4n) is 2.51. The molecular formula is C17H21ClFNS. The lowest BCUT2D eigenvalue weighted by molar-refractivity contribution is 0.476. The van der Waals surface area contributed by atoms with Gasteiger partial charge in [0.15, 0.2) is 0 Å². The van der Waals surface area contributed by atoms with Gasteiger partial charge in [-0.1, -0.05) is 36.7 Å². The molecule has 1 aromatic heterocycles. The van der Waals surface area contributed by atoms with Crippen LogP contribution in [0.5, 0.6) is 0 Å². The van der Waals surface area contributed by atoms with Crippen LogP contribution in [0, 0.1) is 5.82 Å². The molecule has 4 heteroatoms. The van der Waals surface area contributed by atoms with E-state index in [2.05, 4.69) is 29.8 Å². The summed E-state index contributed by atoms with van der Waals surface area (Å²) in [5.74, 6) is -0.331. The van der Waals surface area contributed by atoms with Gasteiger partial charge in [0.2, 0.25) is 0 Å².